The Morgan fingerprint density at radius 2 is 0.900 bits per heavy atom. The Labute approximate surface area is 420 Å². The van der Waals surface area contributed by atoms with E-state index in [0.29, 0.717) is 25.6 Å². The molecule has 0 unspecified atom stereocenters. The Bertz CT molecular complexity index is 2450. The average Bonchev–Trinajstić information content (AvgIpc) is 3.37. The fourth-order valence-electron chi connectivity index (χ4n) is 8.26. The quantitative estimate of drug-likeness (QED) is 0.0613. The van der Waals surface area contributed by atoms with Crippen molar-refractivity contribution < 1.29 is 42.3 Å². The van der Waals surface area contributed by atoms with Crippen LogP contribution in [0.5, 0.6) is 0 Å². The predicted octanol–water partition coefficient (Wildman–Crippen LogP) is 12.7. The Morgan fingerprint density at radius 1 is 0.500 bits per heavy atom. The third-order valence-corrected chi connectivity index (χ3v) is 18.7. The van der Waals surface area contributed by atoms with Gasteiger partial charge in [0.05, 0.1) is 39.6 Å². The number of thioether (sulfide) groups is 1. The third-order valence-electron chi connectivity index (χ3n) is 13.1. The molecule has 0 aromatic heterocycles. The lowest BCUT2D eigenvalue weighted by Crippen LogP contribution is -2.66. The minimum atomic E-state index is -2.57. The third kappa shape index (κ3) is 14.2. The van der Waals surface area contributed by atoms with E-state index in [1.54, 1.807) is 11.8 Å². The maximum atomic E-state index is 7.57. The molecule has 8 rings (SSSR count). The van der Waals surface area contributed by atoms with Gasteiger partial charge >= 0.3 is 0 Å². The van der Waals surface area contributed by atoms with Crippen molar-refractivity contribution in [2.45, 2.75) is 131 Å². The zero-order valence-electron chi connectivity index (χ0n) is 41.0. The van der Waals surface area contributed by atoms with Crippen LogP contribution >= 0.6 is 11.8 Å². The standard InChI is InChI=1S/C59H68O9SSi/c1-43-51(53(62-39-46-29-17-9-18-30-46)56(64-41-48-33-21-11-22-34-48)58(65-43)69-49-35-23-12-24-36-49)67-57-55(63-40-47-31-19-10-20-32-47)54(68-70(5,6)59(2,3)4)52(61-38-45-27-15-8-16-28-45)50(66-57)42-60-37-44-25-13-7-14-26-44/h7-36,50-58H,1,37-42H2,2-6H3/t50-,51-,52+,53+,54+,55-,56-,57+,58-/m1/s1. The van der Waals surface area contributed by atoms with Crippen LogP contribution in [0.25, 0.3) is 0 Å². The van der Waals surface area contributed by atoms with Crippen molar-refractivity contribution in [3.05, 3.63) is 222 Å². The average molecular weight is 981 g/mol. The molecule has 0 radical (unpaired) electrons. The molecule has 6 aromatic rings. The molecule has 11 heteroatoms. The summed E-state index contributed by atoms with van der Waals surface area (Å²) >= 11 is 1.56. The molecule has 2 saturated heterocycles. The zero-order valence-corrected chi connectivity index (χ0v) is 42.9. The van der Waals surface area contributed by atoms with Crippen LogP contribution in [-0.4, -0.2) is 69.4 Å². The van der Waals surface area contributed by atoms with Crippen LogP contribution in [0, 0.1) is 0 Å². The molecular formula is C59H68O9SSi. The monoisotopic (exact) mass is 980 g/mol. The molecule has 2 heterocycles. The Hall–Kier alpha value is -4.89. The zero-order chi connectivity index (χ0) is 48.8. The van der Waals surface area contributed by atoms with Crippen LogP contribution < -0.4 is 0 Å². The molecule has 9 nitrogen and oxygen atoms in total. The summed E-state index contributed by atoms with van der Waals surface area (Å²) in [6.07, 6.45) is -6.03. The summed E-state index contributed by atoms with van der Waals surface area (Å²) < 4.78 is 63.8. The van der Waals surface area contributed by atoms with Crippen molar-refractivity contribution in [2.24, 2.45) is 0 Å². The molecule has 368 valence electrons. The fraction of sp³-hybridized carbons (Fsp3) is 0.356. The normalized spacial score (nSPS) is 24.0. The second-order valence-electron chi connectivity index (χ2n) is 19.4. The van der Waals surface area contributed by atoms with E-state index in [0.717, 1.165) is 32.7 Å². The van der Waals surface area contributed by atoms with Gasteiger partial charge in [-0.3, -0.25) is 0 Å². The summed E-state index contributed by atoms with van der Waals surface area (Å²) in [4.78, 5) is 1.02. The summed E-state index contributed by atoms with van der Waals surface area (Å²) in [5.74, 6) is 0.387. The van der Waals surface area contributed by atoms with Crippen LogP contribution in [0.4, 0.5) is 0 Å². The number of rotatable bonds is 22. The van der Waals surface area contributed by atoms with Crippen LogP contribution in [0.2, 0.25) is 18.1 Å². The molecule has 0 aliphatic carbocycles. The molecule has 70 heavy (non-hydrogen) atoms. The highest BCUT2D eigenvalue weighted by Crippen LogP contribution is 2.44. The molecule has 0 saturated carbocycles. The molecule has 6 aromatic carbocycles. The van der Waals surface area contributed by atoms with Gasteiger partial charge in [-0.2, -0.15) is 0 Å². The molecule has 0 N–H and O–H groups in total. The summed E-state index contributed by atoms with van der Waals surface area (Å²) in [7, 11) is -2.57. The van der Waals surface area contributed by atoms with Crippen LogP contribution in [0.1, 0.15) is 48.6 Å². The Kier molecular flexibility index (Phi) is 18.4. The van der Waals surface area contributed by atoms with Gasteiger partial charge in [0.15, 0.2) is 20.0 Å². The lowest BCUT2D eigenvalue weighted by atomic mass is 9.97. The number of benzene rings is 6. The lowest BCUT2D eigenvalue weighted by Gasteiger charge is -2.51. The van der Waals surface area contributed by atoms with E-state index in [1.165, 1.54) is 0 Å². The Morgan fingerprint density at radius 3 is 1.36 bits per heavy atom. The van der Waals surface area contributed by atoms with Gasteiger partial charge in [0.1, 0.15) is 48.5 Å². The fourth-order valence-corrected chi connectivity index (χ4v) is 10.7. The van der Waals surface area contributed by atoms with Crippen LogP contribution in [0.3, 0.4) is 0 Å². The smallest absolute Gasteiger partial charge is 0.192 e. The first-order chi connectivity index (χ1) is 34.0. The van der Waals surface area contributed by atoms with Crippen molar-refractivity contribution in [3.63, 3.8) is 0 Å². The second-order valence-corrected chi connectivity index (χ2v) is 25.3. The highest BCUT2D eigenvalue weighted by atomic mass is 32.2. The topological polar surface area (TPSA) is 83.1 Å². The highest BCUT2D eigenvalue weighted by Gasteiger charge is 2.55. The van der Waals surface area contributed by atoms with E-state index < -0.39 is 62.8 Å². The molecule has 2 aliphatic heterocycles. The first-order valence-electron chi connectivity index (χ1n) is 24.3. The Balaban J connectivity index is 1.20. The molecule has 2 aliphatic rings. The van der Waals surface area contributed by atoms with Gasteiger partial charge in [0.25, 0.3) is 0 Å². The predicted molar refractivity (Wildman–Crippen MR) is 278 cm³/mol. The van der Waals surface area contributed by atoms with Crippen LogP contribution in [-0.2, 0) is 75.4 Å². The maximum Gasteiger partial charge on any atom is 0.192 e. The van der Waals surface area contributed by atoms with Gasteiger partial charge in [-0.05, 0) is 58.1 Å². The van der Waals surface area contributed by atoms with Gasteiger partial charge in [0, 0.05) is 4.90 Å². The van der Waals surface area contributed by atoms with Crippen molar-refractivity contribution in [1.82, 2.24) is 0 Å². The SMILES string of the molecule is C=C1O[C@H](Sc2ccccc2)[C@H](OCc2ccccc2)[C@@H](OCc2ccccc2)[C@@H]1O[C@@H]1O[C@H](COCc2ccccc2)[C@H](OCc2ccccc2)[C@H](O[Si](C)(C)C(C)(C)C)[C@H]1OCc1ccccc1. The second kappa shape index (κ2) is 25.0. The van der Waals surface area contributed by atoms with Gasteiger partial charge in [-0.15, -0.1) is 0 Å². The van der Waals surface area contributed by atoms with Crippen LogP contribution in [0.15, 0.2) is 199 Å². The molecule has 0 bridgehead atoms. The van der Waals surface area contributed by atoms with E-state index in [9.17, 15) is 0 Å². The van der Waals surface area contributed by atoms with Crippen molar-refractivity contribution in [3.8, 4) is 0 Å². The van der Waals surface area contributed by atoms with E-state index in [-0.39, 0.29) is 24.9 Å². The van der Waals surface area contributed by atoms with Gasteiger partial charge in [-0.25, -0.2) is 0 Å². The molecule has 2 fully saturated rings. The first-order valence-corrected chi connectivity index (χ1v) is 28.1. The number of ether oxygens (including phenoxy) is 8. The number of hydrogen-bond donors (Lipinski definition) is 0. The van der Waals surface area contributed by atoms with Crippen molar-refractivity contribution in [2.75, 3.05) is 6.61 Å². The van der Waals surface area contributed by atoms with Gasteiger partial charge < -0.3 is 42.3 Å². The first kappa shape index (κ1) is 51.5. The maximum absolute atomic E-state index is 7.57. The lowest BCUT2D eigenvalue weighted by molar-refractivity contribution is -0.338. The van der Waals surface area contributed by atoms with E-state index in [2.05, 4.69) is 113 Å². The van der Waals surface area contributed by atoms with Gasteiger partial charge in [-0.1, -0.05) is 209 Å². The minimum absolute atomic E-state index is 0.161. The van der Waals surface area contributed by atoms with E-state index in [4.69, 9.17) is 42.3 Å². The summed E-state index contributed by atoms with van der Waals surface area (Å²) in [6.45, 7) is 17.5. The molecule has 9 atom stereocenters. The summed E-state index contributed by atoms with van der Waals surface area (Å²) in [5, 5.41) is -0.161. The van der Waals surface area contributed by atoms with Gasteiger partial charge in [0.2, 0.25) is 0 Å². The van der Waals surface area contributed by atoms with Crippen molar-refractivity contribution in [1.29, 1.82) is 0 Å². The summed E-state index contributed by atoms with van der Waals surface area (Å²) in [6, 6.07) is 60.9. The molecule has 0 spiro atoms. The molecule has 0 amide bonds. The number of hydrogen-bond acceptors (Lipinski definition) is 10. The molecular weight excluding hydrogens is 913 g/mol. The van der Waals surface area contributed by atoms with Crippen molar-refractivity contribution >= 4 is 20.1 Å². The minimum Gasteiger partial charge on any atom is -0.479 e. The highest BCUT2D eigenvalue weighted by molar-refractivity contribution is 7.99. The van der Waals surface area contributed by atoms with E-state index >= 15 is 0 Å². The summed E-state index contributed by atoms with van der Waals surface area (Å²) in [5.41, 5.74) is 4.54. The largest absolute Gasteiger partial charge is 0.479 e. The van der Waals surface area contributed by atoms with E-state index in [1.807, 2.05) is 109 Å².